The number of nitrogens with zero attached hydrogens (tertiary/aromatic N) is 4. The number of nitrogens with one attached hydrogen (secondary N) is 1. The van der Waals surface area contributed by atoms with Crippen LogP contribution in [0.3, 0.4) is 0 Å². The number of tetrazole rings is 1. The van der Waals surface area contributed by atoms with Gasteiger partial charge >= 0.3 is 0 Å². The van der Waals surface area contributed by atoms with Crippen LogP contribution in [0.2, 0.25) is 0 Å². The van der Waals surface area contributed by atoms with Crippen LogP contribution in [0.1, 0.15) is 25.6 Å². The van der Waals surface area contributed by atoms with E-state index in [9.17, 15) is 0 Å². The third-order valence-electron chi connectivity index (χ3n) is 3.11. The first kappa shape index (κ1) is 11.7. The van der Waals surface area contributed by atoms with Crippen molar-refractivity contribution in [3.63, 3.8) is 0 Å². The van der Waals surface area contributed by atoms with Crippen molar-refractivity contribution < 1.29 is 0 Å². The monoisotopic (exact) mass is 231 g/mol. The van der Waals surface area contributed by atoms with Gasteiger partial charge in [-0.05, 0) is 36.5 Å². The maximum Gasteiger partial charge on any atom is 0.161 e. The van der Waals surface area contributed by atoms with Gasteiger partial charge in [-0.15, -0.1) is 5.10 Å². The second kappa shape index (κ2) is 5.05. The van der Waals surface area contributed by atoms with E-state index in [4.69, 9.17) is 0 Å². The lowest BCUT2D eigenvalue weighted by Gasteiger charge is -2.18. The van der Waals surface area contributed by atoms with Crippen LogP contribution in [0.4, 0.5) is 0 Å². The predicted molar refractivity (Wildman–Crippen MR) is 66.1 cm³/mol. The zero-order chi connectivity index (χ0) is 12.3. The first-order valence-electron chi connectivity index (χ1n) is 5.75. The molecule has 1 heterocycles. The van der Waals surface area contributed by atoms with E-state index in [-0.39, 0.29) is 5.92 Å². The second-order valence-electron chi connectivity index (χ2n) is 4.15. The highest BCUT2D eigenvalue weighted by Crippen LogP contribution is 2.18. The van der Waals surface area contributed by atoms with Crippen LogP contribution in [-0.2, 0) is 0 Å². The molecule has 0 radical (unpaired) electrons. The average molecular weight is 231 g/mol. The number of hydrogen-bond donors (Lipinski definition) is 1. The van der Waals surface area contributed by atoms with Crippen LogP contribution in [0.5, 0.6) is 0 Å². The highest BCUT2D eigenvalue weighted by molar-refractivity contribution is 5.31. The quantitative estimate of drug-likeness (QED) is 0.863. The van der Waals surface area contributed by atoms with E-state index in [0.717, 1.165) is 11.5 Å². The van der Waals surface area contributed by atoms with Crippen molar-refractivity contribution in [1.29, 1.82) is 0 Å². The van der Waals surface area contributed by atoms with Crippen LogP contribution in [0.25, 0.3) is 5.69 Å². The Labute approximate surface area is 101 Å². The molecule has 1 N–H and O–H groups in total. The van der Waals surface area contributed by atoms with Gasteiger partial charge in [0.2, 0.25) is 0 Å². The highest BCUT2D eigenvalue weighted by atomic mass is 15.5. The third kappa shape index (κ3) is 2.34. The van der Waals surface area contributed by atoms with E-state index in [0.29, 0.717) is 6.04 Å². The number of para-hydroxylation sites is 1. The summed E-state index contributed by atoms with van der Waals surface area (Å²) in [5.41, 5.74) is 0.989. The molecule has 0 bridgehead atoms. The molecule has 2 aromatic rings. The van der Waals surface area contributed by atoms with E-state index < -0.39 is 0 Å². The predicted octanol–water partition coefficient (Wildman–Crippen LogP) is 1.37. The summed E-state index contributed by atoms with van der Waals surface area (Å²) in [4.78, 5) is 0. The fourth-order valence-electron chi connectivity index (χ4n) is 1.70. The van der Waals surface area contributed by atoms with E-state index >= 15 is 0 Å². The lowest BCUT2D eigenvalue weighted by Crippen LogP contribution is -2.29. The lowest BCUT2D eigenvalue weighted by molar-refractivity contribution is 0.495. The zero-order valence-corrected chi connectivity index (χ0v) is 10.3. The standard InChI is InChI=1S/C12H17N5/c1-9(10(2)13-3)12-14-15-16-17(12)11-7-5-4-6-8-11/h4-10,13H,1-3H3. The Morgan fingerprint density at radius 1 is 1.18 bits per heavy atom. The number of hydrogen-bond acceptors (Lipinski definition) is 4. The topological polar surface area (TPSA) is 55.6 Å². The molecule has 0 saturated heterocycles. The summed E-state index contributed by atoms with van der Waals surface area (Å²) in [5, 5.41) is 15.2. The lowest BCUT2D eigenvalue weighted by atomic mass is 10.0. The van der Waals surface area contributed by atoms with Crippen molar-refractivity contribution in [3.05, 3.63) is 36.2 Å². The molecule has 0 fully saturated rings. The van der Waals surface area contributed by atoms with E-state index in [1.807, 2.05) is 37.4 Å². The summed E-state index contributed by atoms with van der Waals surface area (Å²) in [7, 11) is 1.94. The van der Waals surface area contributed by atoms with Gasteiger partial charge in [-0.3, -0.25) is 0 Å². The molecular formula is C12H17N5. The molecule has 0 aliphatic rings. The Morgan fingerprint density at radius 3 is 2.53 bits per heavy atom. The summed E-state index contributed by atoms with van der Waals surface area (Å²) in [6.07, 6.45) is 0. The molecular weight excluding hydrogens is 214 g/mol. The van der Waals surface area contributed by atoms with Gasteiger partial charge in [0.15, 0.2) is 5.82 Å². The Bertz CT molecular complexity index is 465. The van der Waals surface area contributed by atoms with Crippen molar-refractivity contribution in [1.82, 2.24) is 25.5 Å². The van der Waals surface area contributed by atoms with E-state index in [1.54, 1.807) is 4.68 Å². The van der Waals surface area contributed by atoms with Crippen molar-refractivity contribution in [2.24, 2.45) is 0 Å². The second-order valence-corrected chi connectivity index (χ2v) is 4.15. The highest BCUT2D eigenvalue weighted by Gasteiger charge is 2.20. The normalized spacial score (nSPS) is 14.5. The van der Waals surface area contributed by atoms with Gasteiger partial charge < -0.3 is 5.32 Å². The van der Waals surface area contributed by atoms with Gasteiger partial charge in [-0.2, -0.15) is 4.68 Å². The molecule has 5 heteroatoms. The van der Waals surface area contributed by atoms with Gasteiger partial charge in [-0.25, -0.2) is 0 Å². The third-order valence-corrected chi connectivity index (χ3v) is 3.11. The van der Waals surface area contributed by atoms with Gasteiger partial charge in [0, 0.05) is 12.0 Å². The molecule has 0 spiro atoms. The summed E-state index contributed by atoms with van der Waals surface area (Å²) >= 11 is 0. The fraction of sp³-hybridized carbons (Fsp3) is 0.417. The molecule has 0 aliphatic carbocycles. The van der Waals surface area contributed by atoms with Gasteiger partial charge in [-0.1, -0.05) is 25.1 Å². The number of likely N-dealkylation sites (N-methyl/N-ethyl adjacent to an activating group) is 1. The largest absolute Gasteiger partial charge is 0.317 e. The summed E-state index contributed by atoms with van der Waals surface area (Å²) in [6, 6.07) is 10.3. The van der Waals surface area contributed by atoms with Gasteiger partial charge in [0.1, 0.15) is 0 Å². The SMILES string of the molecule is CNC(C)C(C)c1nnnn1-c1ccccc1. The maximum atomic E-state index is 4.12. The molecule has 0 aliphatic heterocycles. The molecule has 90 valence electrons. The van der Waals surface area contributed by atoms with Gasteiger partial charge in [0.05, 0.1) is 5.69 Å². The van der Waals surface area contributed by atoms with Crippen molar-refractivity contribution in [2.45, 2.75) is 25.8 Å². The number of benzene rings is 1. The van der Waals surface area contributed by atoms with Crippen LogP contribution in [0, 0.1) is 0 Å². The van der Waals surface area contributed by atoms with Crippen molar-refractivity contribution >= 4 is 0 Å². The maximum absolute atomic E-state index is 4.12. The Kier molecular flexibility index (Phi) is 3.49. The molecule has 2 unspecified atom stereocenters. The Morgan fingerprint density at radius 2 is 1.88 bits per heavy atom. The first-order chi connectivity index (χ1) is 8.24. The van der Waals surface area contributed by atoms with Crippen LogP contribution >= 0.6 is 0 Å². The van der Waals surface area contributed by atoms with Crippen LogP contribution < -0.4 is 5.32 Å². The molecule has 0 saturated carbocycles. The smallest absolute Gasteiger partial charge is 0.161 e. The number of rotatable bonds is 4. The van der Waals surface area contributed by atoms with Crippen molar-refractivity contribution in [3.8, 4) is 5.69 Å². The van der Waals surface area contributed by atoms with E-state index in [2.05, 4.69) is 34.7 Å². The summed E-state index contributed by atoms with van der Waals surface area (Å²) in [6.45, 7) is 4.24. The molecule has 1 aromatic carbocycles. The molecule has 2 atom stereocenters. The average Bonchev–Trinajstić information content (AvgIpc) is 2.87. The summed E-state index contributed by atoms with van der Waals surface area (Å²) in [5.74, 6) is 1.12. The molecule has 0 amide bonds. The molecule has 17 heavy (non-hydrogen) atoms. The molecule has 2 rings (SSSR count). The van der Waals surface area contributed by atoms with Crippen LogP contribution in [0.15, 0.2) is 30.3 Å². The summed E-state index contributed by atoms with van der Waals surface area (Å²) < 4.78 is 1.79. The minimum absolute atomic E-state index is 0.246. The number of aromatic nitrogens is 4. The minimum Gasteiger partial charge on any atom is -0.317 e. The van der Waals surface area contributed by atoms with Crippen molar-refractivity contribution in [2.75, 3.05) is 7.05 Å². The Hall–Kier alpha value is -1.75. The van der Waals surface area contributed by atoms with E-state index in [1.165, 1.54) is 0 Å². The molecule has 1 aromatic heterocycles. The minimum atomic E-state index is 0.246. The van der Waals surface area contributed by atoms with Crippen LogP contribution in [-0.4, -0.2) is 33.3 Å². The zero-order valence-electron chi connectivity index (χ0n) is 10.3. The molecule has 5 nitrogen and oxygen atoms in total. The van der Waals surface area contributed by atoms with Gasteiger partial charge in [0.25, 0.3) is 0 Å². The first-order valence-corrected chi connectivity index (χ1v) is 5.75. The Balaban J connectivity index is 2.35. The fourth-order valence-corrected chi connectivity index (χ4v) is 1.70.